The first-order valence-corrected chi connectivity index (χ1v) is 13.3. The molecule has 9 heteroatoms. The molecule has 3 N–H and O–H groups in total. The van der Waals surface area contributed by atoms with Crippen molar-refractivity contribution < 1.29 is 27.4 Å². The Balaban J connectivity index is 1.46. The first kappa shape index (κ1) is 26.5. The fourth-order valence-electron chi connectivity index (χ4n) is 6.44. The zero-order valence-electron chi connectivity index (χ0n) is 22.6. The number of rotatable bonds is 5. The van der Waals surface area contributed by atoms with Gasteiger partial charge in [-0.3, -0.25) is 0 Å². The predicted octanol–water partition coefficient (Wildman–Crippen LogP) is 6.42. The van der Waals surface area contributed by atoms with E-state index in [4.69, 9.17) is 14.2 Å². The number of fused-ring (bicyclic) bond motifs is 4. The van der Waals surface area contributed by atoms with E-state index in [2.05, 4.69) is 21.7 Å². The van der Waals surface area contributed by atoms with Crippen LogP contribution in [0, 0.1) is 0 Å². The molecule has 0 radical (unpaired) electrons. The second-order valence-corrected chi connectivity index (χ2v) is 10.6. The molecule has 0 amide bonds. The minimum atomic E-state index is -4.38. The molecule has 2 aliphatic heterocycles. The lowest BCUT2D eigenvalue weighted by Crippen LogP contribution is -2.55. The van der Waals surface area contributed by atoms with Gasteiger partial charge in [-0.2, -0.15) is 13.2 Å². The Morgan fingerprint density at radius 3 is 2.17 bits per heavy atom. The molecule has 0 aliphatic carbocycles. The highest BCUT2D eigenvalue weighted by Crippen LogP contribution is 2.49. The molecule has 4 aromatic rings. The molecule has 3 heterocycles. The SMILES string of the molecule is COc1ccc2c3c([nH]c2c1)[C@]1(C[C@@H](c2ccc(OC)c(OC)c2)N[C@@H](c2ccc(C(F)(F)F)cc2)C1)NCC3. The smallest absolute Gasteiger partial charge is 0.416 e. The number of piperidine rings is 1. The topological polar surface area (TPSA) is 67.5 Å². The van der Waals surface area contributed by atoms with E-state index in [-0.39, 0.29) is 12.1 Å². The number of aromatic nitrogens is 1. The molecule has 0 bridgehead atoms. The van der Waals surface area contributed by atoms with Crippen LogP contribution in [0.15, 0.2) is 60.7 Å². The van der Waals surface area contributed by atoms with E-state index in [1.807, 2.05) is 30.3 Å². The Bertz CT molecular complexity index is 1530. The first-order valence-electron chi connectivity index (χ1n) is 13.3. The van der Waals surface area contributed by atoms with Gasteiger partial charge in [-0.1, -0.05) is 18.2 Å². The average Bonchev–Trinajstić information content (AvgIpc) is 3.35. The number of nitrogens with one attached hydrogen (secondary N) is 3. The van der Waals surface area contributed by atoms with Crippen molar-refractivity contribution in [2.75, 3.05) is 27.9 Å². The van der Waals surface area contributed by atoms with E-state index in [1.165, 1.54) is 23.1 Å². The Hall–Kier alpha value is -3.69. The van der Waals surface area contributed by atoms with Crippen LogP contribution in [0.2, 0.25) is 0 Å². The fourth-order valence-corrected chi connectivity index (χ4v) is 6.44. The summed E-state index contributed by atoms with van der Waals surface area (Å²) in [5, 5.41) is 8.73. The molecule has 210 valence electrons. The van der Waals surface area contributed by atoms with Gasteiger partial charge in [0, 0.05) is 41.3 Å². The standard InChI is InChI=1S/C31H32F3N3O3/c1-38-21-9-10-22-23-12-13-35-30(29(23)37-24(22)15-21)16-25(18-4-7-20(8-5-18)31(32,33)34)36-26(17-30)19-6-11-27(39-2)28(14-19)40-3/h4-11,14-15,25-26,35-37H,12-13,16-17H2,1-3H3/t25-,26+,30+/m1/s1. The van der Waals surface area contributed by atoms with E-state index in [0.717, 1.165) is 47.5 Å². The number of aromatic amines is 1. The Kier molecular flexibility index (Phi) is 6.67. The minimum absolute atomic E-state index is 0.111. The minimum Gasteiger partial charge on any atom is -0.497 e. The predicted molar refractivity (Wildman–Crippen MR) is 147 cm³/mol. The number of hydrogen-bond acceptors (Lipinski definition) is 5. The Morgan fingerprint density at radius 2 is 1.50 bits per heavy atom. The highest BCUT2D eigenvalue weighted by molar-refractivity contribution is 5.86. The number of hydrogen-bond donors (Lipinski definition) is 3. The van der Waals surface area contributed by atoms with Crippen LogP contribution >= 0.6 is 0 Å². The van der Waals surface area contributed by atoms with Gasteiger partial charge in [0.1, 0.15) is 5.75 Å². The normalized spacial score (nSPS) is 22.8. The number of halogens is 3. The van der Waals surface area contributed by atoms with Gasteiger partial charge in [0.05, 0.1) is 32.4 Å². The van der Waals surface area contributed by atoms with Gasteiger partial charge in [-0.05, 0) is 72.4 Å². The molecule has 1 spiro atoms. The van der Waals surface area contributed by atoms with E-state index in [0.29, 0.717) is 17.9 Å². The summed E-state index contributed by atoms with van der Waals surface area (Å²) in [6.45, 7) is 0.796. The van der Waals surface area contributed by atoms with Crippen LogP contribution in [0.4, 0.5) is 13.2 Å². The molecular formula is C31H32F3N3O3. The molecule has 2 aliphatic rings. The summed E-state index contributed by atoms with van der Waals surface area (Å²) in [5.74, 6) is 2.05. The van der Waals surface area contributed by atoms with Crippen molar-refractivity contribution in [3.8, 4) is 17.2 Å². The van der Waals surface area contributed by atoms with Crippen molar-refractivity contribution in [2.24, 2.45) is 0 Å². The zero-order valence-corrected chi connectivity index (χ0v) is 22.6. The van der Waals surface area contributed by atoms with Crippen molar-refractivity contribution in [1.29, 1.82) is 0 Å². The zero-order chi connectivity index (χ0) is 28.1. The molecule has 1 fully saturated rings. The molecule has 0 unspecified atom stereocenters. The third-order valence-corrected chi connectivity index (χ3v) is 8.39. The molecule has 3 aromatic carbocycles. The van der Waals surface area contributed by atoms with Crippen LogP contribution in [-0.2, 0) is 18.1 Å². The number of H-pyrrole nitrogens is 1. The summed E-state index contributed by atoms with van der Waals surface area (Å²) in [4.78, 5) is 3.70. The number of benzene rings is 3. The summed E-state index contributed by atoms with van der Waals surface area (Å²) >= 11 is 0. The largest absolute Gasteiger partial charge is 0.497 e. The van der Waals surface area contributed by atoms with Gasteiger partial charge in [0.2, 0.25) is 0 Å². The summed E-state index contributed by atoms with van der Waals surface area (Å²) in [7, 11) is 4.86. The number of alkyl halides is 3. The molecule has 40 heavy (non-hydrogen) atoms. The van der Waals surface area contributed by atoms with Crippen molar-refractivity contribution >= 4 is 10.9 Å². The molecular weight excluding hydrogens is 519 g/mol. The summed E-state index contributed by atoms with van der Waals surface area (Å²) in [5.41, 5.74) is 4.16. The van der Waals surface area contributed by atoms with E-state index in [1.54, 1.807) is 33.5 Å². The van der Waals surface area contributed by atoms with Crippen LogP contribution in [-0.4, -0.2) is 32.9 Å². The van der Waals surface area contributed by atoms with Crippen molar-refractivity contribution in [1.82, 2.24) is 15.6 Å². The highest BCUT2D eigenvalue weighted by Gasteiger charge is 2.46. The van der Waals surface area contributed by atoms with Gasteiger partial charge in [-0.25, -0.2) is 0 Å². The lowest BCUT2D eigenvalue weighted by molar-refractivity contribution is -0.137. The monoisotopic (exact) mass is 551 g/mol. The van der Waals surface area contributed by atoms with E-state index < -0.39 is 17.3 Å². The Morgan fingerprint density at radius 1 is 0.800 bits per heavy atom. The first-order chi connectivity index (χ1) is 19.2. The fraction of sp³-hybridized carbons (Fsp3) is 0.355. The molecule has 1 aromatic heterocycles. The molecule has 1 saturated heterocycles. The van der Waals surface area contributed by atoms with Crippen LogP contribution in [0.1, 0.15) is 52.9 Å². The van der Waals surface area contributed by atoms with Gasteiger partial charge in [0.25, 0.3) is 0 Å². The summed E-state index contributed by atoms with van der Waals surface area (Å²) in [6, 6.07) is 17.2. The maximum atomic E-state index is 13.3. The number of ether oxygens (including phenoxy) is 3. The van der Waals surface area contributed by atoms with Gasteiger partial charge < -0.3 is 29.8 Å². The third kappa shape index (κ3) is 4.57. The summed E-state index contributed by atoms with van der Waals surface area (Å²) < 4.78 is 56.5. The summed E-state index contributed by atoms with van der Waals surface area (Å²) in [6.07, 6.45) is -2.11. The maximum Gasteiger partial charge on any atom is 0.416 e. The second-order valence-electron chi connectivity index (χ2n) is 10.6. The molecule has 6 rings (SSSR count). The van der Waals surface area contributed by atoms with Gasteiger partial charge in [-0.15, -0.1) is 0 Å². The highest BCUT2D eigenvalue weighted by atomic mass is 19.4. The Labute approximate surface area is 230 Å². The van der Waals surface area contributed by atoms with E-state index in [9.17, 15) is 13.2 Å². The van der Waals surface area contributed by atoms with Crippen molar-refractivity contribution in [2.45, 2.75) is 43.1 Å². The lowest BCUT2D eigenvalue weighted by Gasteiger charge is -2.48. The lowest BCUT2D eigenvalue weighted by atomic mass is 9.72. The van der Waals surface area contributed by atoms with Gasteiger partial charge >= 0.3 is 6.18 Å². The van der Waals surface area contributed by atoms with Crippen molar-refractivity contribution in [3.05, 3.63) is 88.6 Å². The van der Waals surface area contributed by atoms with Crippen LogP contribution in [0.5, 0.6) is 17.2 Å². The van der Waals surface area contributed by atoms with Gasteiger partial charge in [0.15, 0.2) is 11.5 Å². The molecule has 0 saturated carbocycles. The third-order valence-electron chi connectivity index (χ3n) is 8.39. The van der Waals surface area contributed by atoms with Crippen molar-refractivity contribution in [3.63, 3.8) is 0 Å². The molecule has 3 atom stereocenters. The number of methoxy groups -OCH3 is 3. The van der Waals surface area contributed by atoms with Crippen LogP contribution < -0.4 is 24.8 Å². The van der Waals surface area contributed by atoms with E-state index >= 15 is 0 Å². The quantitative estimate of drug-likeness (QED) is 0.267. The maximum absolute atomic E-state index is 13.3. The average molecular weight is 552 g/mol. The molecule has 6 nitrogen and oxygen atoms in total. The second kappa shape index (κ2) is 10.1. The van der Waals surface area contributed by atoms with Crippen LogP contribution in [0.3, 0.4) is 0 Å². The van der Waals surface area contributed by atoms with Crippen LogP contribution in [0.25, 0.3) is 10.9 Å².